The number of esters is 1. The minimum absolute atomic E-state index is 0.0414. The number of ether oxygens (including phenoxy) is 3. The van der Waals surface area contributed by atoms with Crippen molar-refractivity contribution in [3.8, 4) is 0 Å². The Bertz CT molecular complexity index is 893. The molecule has 3 atom stereocenters. The van der Waals surface area contributed by atoms with Crippen LogP contribution in [0.25, 0.3) is 0 Å². The van der Waals surface area contributed by atoms with E-state index in [0.717, 1.165) is 155 Å². The Morgan fingerprint density at radius 3 is 1.25 bits per heavy atom. The summed E-state index contributed by atoms with van der Waals surface area (Å²) in [6, 6.07) is 0. The molecule has 0 amide bonds. The number of carbonyl (C=O) groups is 3. The van der Waals surface area contributed by atoms with Crippen LogP contribution in [0, 0.1) is 17.8 Å². The van der Waals surface area contributed by atoms with Crippen LogP contribution in [0.15, 0.2) is 0 Å². The first kappa shape index (κ1) is 63.7. The van der Waals surface area contributed by atoms with E-state index in [0.29, 0.717) is 18.4 Å². The van der Waals surface area contributed by atoms with Gasteiger partial charge in [-0.05, 0) is 77.3 Å². The molecule has 1 fully saturated rings. The summed E-state index contributed by atoms with van der Waals surface area (Å²) < 4.78 is 16.2. The number of hydrogen-bond acceptors (Lipinski definition) is 9. The van der Waals surface area contributed by atoms with Crippen molar-refractivity contribution in [3.63, 3.8) is 0 Å². The Hall–Kier alpha value is -1.39. The molecule has 0 bridgehead atoms. The molecule has 0 radical (unpaired) electrons. The SMILES string of the molecule is CCCCCCC(C=O)CCCC.CCCCCCC(C=O)CCCC.CCCCCCC(CCCC)C(=O)OCCN1CCN(CCN(CCCCOC)CCCCOC)CC1. The minimum Gasteiger partial charge on any atom is -0.464 e. The Kier molecular flexibility index (Phi) is 52.2. The second-order valence-electron chi connectivity index (χ2n) is 18.6. The predicted octanol–water partition coefficient (Wildman–Crippen LogP) is 13.0. The van der Waals surface area contributed by atoms with Gasteiger partial charge in [-0.15, -0.1) is 0 Å². The number of nitrogens with zero attached hydrogens (tertiary/aromatic N) is 3. The van der Waals surface area contributed by atoms with Gasteiger partial charge >= 0.3 is 5.97 Å². The van der Waals surface area contributed by atoms with Crippen LogP contribution >= 0.6 is 0 Å². The van der Waals surface area contributed by atoms with E-state index in [1.165, 1.54) is 109 Å². The van der Waals surface area contributed by atoms with E-state index < -0.39 is 0 Å². The van der Waals surface area contributed by atoms with Crippen LogP contribution in [0.3, 0.4) is 0 Å². The molecule has 0 spiro atoms. The number of unbranched alkanes of at least 4 members (excludes halogenated alkanes) is 14. The average molecular weight is 896 g/mol. The van der Waals surface area contributed by atoms with Crippen molar-refractivity contribution < 1.29 is 28.6 Å². The molecule has 3 unspecified atom stereocenters. The third-order valence-electron chi connectivity index (χ3n) is 12.7. The molecule has 1 saturated heterocycles. The zero-order valence-electron chi connectivity index (χ0n) is 43.5. The summed E-state index contributed by atoms with van der Waals surface area (Å²) in [7, 11) is 3.57. The summed E-state index contributed by atoms with van der Waals surface area (Å²) >= 11 is 0. The maximum Gasteiger partial charge on any atom is 0.308 e. The molecule has 0 saturated carbocycles. The van der Waals surface area contributed by atoms with E-state index in [4.69, 9.17) is 14.2 Å². The van der Waals surface area contributed by atoms with Gasteiger partial charge in [-0.2, -0.15) is 0 Å². The van der Waals surface area contributed by atoms with E-state index in [1.807, 2.05) is 0 Å². The van der Waals surface area contributed by atoms with Crippen molar-refractivity contribution in [1.82, 2.24) is 14.7 Å². The van der Waals surface area contributed by atoms with E-state index in [9.17, 15) is 14.4 Å². The third kappa shape index (κ3) is 43.0. The van der Waals surface area contributed by atoms with Crippen LogP contribution in [-0.2, 0) is 28.6 Å². The van der Waals surface area contributed by atoms with Gasteiger partial charge < -0.3 is 28.7 Å². The fraction of sp³-hybridized carbons (Fsp3) is 0.944. The normalized spacial score (nSPS) is 14.6. The molecule has 1 rings (SSSR count). The Balaban J connectivity index is 0. The lowest BCUT2D eigenvalue weighted by atomic mass is 9.95. The molecule has 1 heterocycles. The van der Waals surface area contributed by atoms with Gasteiger partial charge in [0.2, 0.25) is 0 Å². The summed E-state index contributed by atoms with van der Waals surface area (Å²) in [5.74, 6) is 0.828. The first-order valence-corrected chi connectivity index (χ1v) is 27.1. The van der Waals surface area contributed by atoms with Gasteiger partial charge in [-0.3, -0.25) is 14.6 Å². The lowest BCUT2D eigenvalue weighted by molar-refractivity contribution is -0.149. The highest BCUT2D eigenvalue weighted by Crippen LogP contribution is 2.20. The molecular formula is C54H109N3O6. The maximum absolute atomic E-state index is 12.7. The van der Waals surface area contributed by atoms with Gasteiger partial charge in [0.1, 0.15) is 19.2 Å². The molecule has 0 aromatic heterocycles. The molecule has 376 valence electrons. The van der Waals surface area contributed by atoms with Crippen molar-refractivity contribution in [2.24, 2.45) is 17.8 Å². The standard InChI is InChI=1S/C30H61N3O4.2C12H24O/c1-5-7-9-10-16-29(15-8-6-2)30(34)37-28-25-33-23-21-32(22-24-33)20-19-31(17-11-13-26-35-3)18-12-14-27-36-4;2*1-3-5-7-8-10-12(11-13)9-6-4-2/h29H,5-28H2,1-4H3;2*11-12H,3-10H2,1-2H3. The third-order valence-corrected chi connectivity index (χ3v) is 12.7. The quantitative estimate of drug-likeness (QED) is 0.0337. The lowest BCUT2D eigenvalue weighted by Gasteiger charge is -2.35. The zero-order chi connectivity index (χ0) is 46.9. The fourth-order valence-corrected chi connectivity index (χ4v) is 8.22. The Morgan fingerprint density at radius 2 is 0.841 bits per heavy atom. The first-order valence-electron chi connectivity index (χ1n) is 27.1. The summed E-state index contributed by atoms with van der Waals surface area (Å²) in [4.78, 5) is 41.7. The van der Waals surface area contributed by atoms with Crippen molar-refractivity contribution >= 4 is 18.5 Å². The van der Waals surface area contributed by atoms with Crippen LogP contribution in [0.4, 0.5) is 0 Å². The number of carbonyl (C=O) groups excluding carboxylic acids is 3. The summed E-state index contributed by atoms with van der Waals surface area (Å²) in [5, 5.41) is 0. The highest BCUT2D eigenvalue weighted by molar-refractivity contribution is 5.72. The van der Waals surface area contributed by atoms with Gasteiger partial charge in [0.25, 0.3) is 0 Å². The second-order valence-corrected chi connectivity index (χ2v) is 18.6. The molecule has 9 nitrogen and oxygen atoms in total. The van der Waals surface area contributed by atoms with E-state index in [-0.39, 0.29) is 11.9 Å². The molecule has 0 N–H and O–H groups in total. The highest BCUT2D eigenvalue weighted by Gasteiger charge is 2.21. The smallest absolute Gasteiger partial charge is 0.308 e. The number of methoxy groups -OCH3 is 2. The molecule has 63 heavy (non-hydrogen) atoms. The summed E-state index contributed by atoms with van der Waals surface area (Å²) in [5.41, 5.74) is 0. The number of piperazine rings is 1. The van der Waals surface area contributed by atoms with Crippen LogP contribution in [0.5, 0.6) is 0 Å². The van der Waals surface area contributed by atoms with Crippen LogP contribution in [0.2, 0.25) is 0 Å². The lowest BCUT2D eigenvalue weighted by Crippen LogP contribution is -2.49. The highest BCUT2D eigenvalue weighted by atomic mass is 16.5. The van der Waals surface area contributed by atoms with Crippen LogP contribution in [0.1, 0.15) is 221 Å². The van der Waals surface area contributed by atoms with Crippen molar-refractivity contribution in [3.05, 3.63) is 0 Å². The van der Waals surface area contributed by atoms with Gasteiger partial charge in [0, 0.05) is 85.1 Å². The van der Waals surface area contributed by atoms with Gasteiger partial charge in [-0.25, -0.2) is 0 Å². The van der Waals surface area contributed by atoms with Gasteiger partial charge in [0.05, 0.1) is 5.92 Å². The van der Waals surface area contributed by atoms with Crippen LogP contribution < -0.4 is 0 Å². The molecule has 1 aliphatic rings. The first-order chi connectivity index (χ1) is 30.8. The molecule has 9 heteroatoms. The number of aldehydes is 2. The minimum atomic E-state index is 0.0414. The monoisotopic (exact) mass is 896 g/mol. The maximum atomic E-state index is 12.7. The number of rotatable bonds is 43. The van der Waals surface area contributed by atoms with Crippen LogP contribution in [-0.4, -0.2) is 126 Å². The van der Waals surface area contributed by atoms with E-state index >= 15 is 0 Å². The summed E-state index contributed by atoms with van der Waals surface area (Å²) in [6.45, 7) is 25.2. The summed E-state index contributed by atoms with van der Waals surface area (Å²) in [6.07, 6.45) is 35.6. The topological polar surface area (TPSA) is 88.6 Å². The van der Waals surface area contributed by atoms with Crippen molar-refractivity contribution in [1.29, 1.82) is 0 Å². The molecular weight excluding hydrogens is 787 g/mol. The molecule has 0 aromatic carbocycles. The predicted molar refractivity (Wildman–Crippen MR) is 270 cm³/mol. The second kappa shape index (κ2) is 51.6. The Labute approximate surface area is 392 Å². The van der Waals surface area contributed by atoms with Gasteiger partial charge in [-0.1, -0.05) is 157 Å². The van der Waals surface area contributed by atoms with Crippen molar-refractivity contribution in [2.75, 3.05) is 92.9 Å². The molecule has 0 aromatic rings. The fourth-order valence-electron chi connectivity index (χ4n) is 8.22. The van der Waals surface area contributed by atoms with E-state index in [2.05, 4.69) is 56.2 Å². The molecule has 1 aliphatic heterocycles. The van der Waals surface area contributed by atoms with Crippen molar-refractivity contribution in [2.45, 2.75) is 221 Å². The average Bonchev–Trinajstić information content (AvgIpc) is 3.30. The largest absolute Gasteiger partial charge is 0.464 e. The Morgan fingerprint density at radius 1 is 0.460 bits per heavy atom. The zero-order valence-corrected chi connectivity index (χ0v) is 43.5. The van der Waals surface area contributed by atoms with Gasteiger partial charge in [0.15, 0.2) is 0 Å². The number of hydrogen-bond donors (Lipinski definition) is 0. The molecule has 0 aliphatic carbocycles. The van der Waals surface area contributed by atoms with E-state index in [1.54, 1.807) is 14.2 Å².